The van der Waals surface area contributed by atoms with Gasteiger partial charge in [-0.25, -0.2) is 0 Å². The van der Waals surface area contributed by atoms with E-state index in [1.54, 1.807) is 23.5 Å². The van der Waals surface area contributed by atoms with Gasteiger partial charge in [-0.1, -0.05) is 13.8 Å². The number of hydrogen-bond donors (Lipinski definition) is 2. The second kappa shape index (κ2) is 7.97. The molecule has 0 amide bonds. The predicted octanol–water partition coefficient (Wildman–Crippen LogP) is 1.46. The first-order valence-corrected chi connectivity index (χ1v) is 6.92. The standard InChI is InChI=1S/C9H20O2S2/c1-3-12-7-9(5-10,6-11)8-13-4-2/h10-11H,3-8H2,1-2H3. The van der Waals surface area contributed by atoms with E-state index in [1.165, 1.54) is 0 Å². The molecule has 4 heteroatoms. The lowest BCUT2D eigenvalue weighted by molar-refractivity contribution is 0.0933. The zero-order chi connectivity index (χ0) is 10.2. The van der Waals surface area contributed by atoms with Crippen LogP contribution in [-0.4, -0.2) is 46.4 Å². The van der Waals surface area contributed by atoms with Crippen LogP contribution in [0.1, 0.15) is 13.8 Å². The van der Waals surface area contributed by atoms with Crippen LogP contribution in [0.3, 0.4) is 0 Å². The SMILES string of the molecule is CCSCC(CO)(CO)CSCC. The molecular weight excluding hydrogens is 204 g/mol. The molecule has 0 atom stereocenters. The van der Waals surface area contributed by atoms with Gasteiger partial charge in [0.05, 0.1) is 13.2 Å². The Morgan fingerprint density at radius 1 is 0.923 bits per heavy atom. The summed E-state index contributed by atoms with van der Waals surface area (Å²) in [7, 11) is 0. The third-order valence-corrected chi connectivity index (χ3v) is 4.35. The quantitative estimate of drug-likeness (QED) is 0.655. The number of thioether (sulfide) groups is 2. The molecule has 0 saturated heterocycles. The van der Waals surface area contributed by atoms with Crippen molar-refractivity contribution in [2.45, 2.75) is 13.8 Å². The van der Waals surface area contributed by atoms with Gasteiger partial charge in [0, 0.05) is 16.9 Å². The van der Waals surface area contributed by atoms with E-state index >= 15 is 0 Å². The molecule has 0 rings (SSSR count). The van der Waals surface area contributed by atoms with E-state index in [2.05, 4.69) is 13.8 Å². The zero-order valence-electron chi connectivity index (χ0n) is 8.45. The normalized spacial score (nSPS) is 12.0. The maximum atomic E-state index is 9.24. The molecule has 13 heavy (non-hydrogen) atoms. The molecule has 0 aromatic heterocycles. The summed E-state index contributed by atoms with van der Waals surface area (Å²) < 4.78 is 0. The van der Waals surface area contributed by atoms with Crippen molar-refractivity contribution in [3.8, 4) is 0 Å². The summed E-state index contributed by atoms with van der Waals surface area (Å²) in [5, 5.41) is 18.5. The van der Waals surface area contributed by atoms with Crippen molar-refractivity contribution in [3.05, 3.63) is 0 Å². The van der Waals surface area contributed by atoms with Crippen molar-refractivity contribution >= 4 is 23.5 Å². The summed E-state index contributed by atoms with van der Waals surface area (Å²) >= 11 is 3.56. The van der Waals surface area contributed by atoms with Gasteiger partial charge in [-0.15, -0.1) is 0 Å². The number of aliphatic hydroxyl groups is 2. The average molecular weight is 224 g/mol. The van der Waals surface area contributed by atoms with Crippen LogP contribution in [0.25, 0.3) is 0 Å². The summed E-state index contributed by atoms with van der Waals surface area (Å²) in [6.45, 7) is 4.36. The molecule has 0 heterocycles. The molecule has 2 N–H and O–H groups in total. The predicted molar refractivity (Wildman–Crippen MR) is 62.6 cm³/mol. The van der Waals surface area contributed by atoms with Crippen LogP contribution in [0.15, 0.2) is 0 Å². The second-order valence-corrected chi connectivity index (χ2v) is 5.64. The van der Waals surface area contributed by atoms with E-state index in [1.807, 2.05) is 0 Å². The fraction of sp³-hybridized carbons (Fsp3) is 1.00. The maximum Gasteiger partial charge on any atom is 0.0525 e. The van der Waals surface area contributed by atoms with E-state index in [4.69, 9.17) is 0 Å². The monoisotopic (exact) mass is 224 g/mol. The Labute approximate surface area is 89.5 Å². The van der Waals surface area contributed by atoms with Crippen LogP contribution >= 0.6 is 23.5 Å². The van der Waals surface area contributed by atoms with Gasteiger partial charge < -0.3 is 10.2 Å². The van der Waals surface area contributed by atoms with Gasteiger partial charge in [-0.05, 0) is 11.5 Å². The Morgan fingerprint density at radius 3 is 1.54 bits per heavy atom. The Kier molecular flexibility index (Phi) is 8.35. The maximum absolute atomic E-state index is 9.24. The molecule has 0 radical (unpaired) electrons. The zero-order valence-corrected chi connectivity index (χ0v) is 10.1. The largest absolute Gasteiger partial charge is 0.396 e. The minimum atomic E-state index is -0.276. The minimum Gasteiger partial charge on any atom is -0.396 e. The molecule has 0 aliphatic heterocycles. The summed E-state index contributed by atoms with van der Waals surface area (Å²) in [5.74, 6) is 3.78. The summed E-state index contributed by atoms with van der Waals surface area (Å²) in [4.78, 5) is 0. The van der Waals surface area contributed by atoms with Gasteiger partial charge in [-0.3, -0.25) is 0 Å². The van der Waals surface area contributed by atoms with Crippen molar-refractivity contribution < 1.29 is 10.2 Å². The molecule has 2 nitrogen and oxygen atoms in total. The van der Waals surface area contributed by atoms with Crippen LogP contribution < -0.4 is 0 Å². The molecule has 0 fully saturated rings. The lowest BCUT2D eigenvalue weighted by atomic mass is 9.96. The van der Waals surface area contributed by atoms with Crippen LogP contribution in [0.5, 0.6) is 0 Å². The summed E-state index contributed by atoms with van der Waals surface area (Å²) in [5.41, 5.74) is -0.276. The second-order valence-electron chi connectivity index (χ2n) is 3.09. The highest BCUT2D eigenvalue weighted by molar-refractivity contribution is 8.00. The lowest BCUT2D eigenvalue weighted by Gasteiger charge is -2.28. The van der Waals surface area contributed by atoms with Gasteiger partial charge in [0.15, 0.2) is 0 Å². The Balaban J connectivity index is 3.97. The third kappa shape index (κ3) is 5.15. The summed E-state index contributed by atoms with van der Waals surface area (Å²) in [6.07, 6.45) is 0. The first kappa shape index (κ1) is 13.6. The first-order valence-electron chi connectivity index (χ1n) is 4.62. The van der Waals surface area contributed by atoms with E-state index in [-0.39, 0.29) is 18.6 Å². The number of rotatable bonds is 8. The van der Waals surface area contributed by atoms with Crippen molar-refractivity contribution in [1.29, 1.82) is 0 Å². The van der Waals surface area contributed by atoms with Crippen LogP contribution in [0.2, 0.25) is 0 Å². The average Bonchev–Trinajstić information content (AvgIpc) is 2.20. The van der Waals surface area contributed by atoms with Gasteiger partial charge in [0.1, 0.15) is 0 Å². The Hall–Kier alpha value is 0.620. The minimum absolute atomic E-state index is 0.0868. The highest BCUT2D eigenvalue weighted by Gasteiger charge is 2.28. The Bertz CT molecular complexity index is 106. The highest BCUT2D eigenvalue weighted by atomic mass is 32.2. The van der Waals surface area contributed by atoms with Crippen molar-refractivity contribution in [2.75, 3.05) is 36.2 Å². The van der Waals surface area contributed by atoms with Crippen molar-refractivity contribution in [2.24, 2.45) is 5.41 Å². The van der Waals surface area contributed by atoms with Gasteiger partial charge >= 0.3 is 0 Å². The van der Waals surface area contributed by atoms with Crippen LogP contribution in [-0.2, 0) is 0 Å². The summed E-state index contributed by atoms with van der Waals surface area (Å²) in [6, 6.07) is 0. The lowest BCUT2D eigenvalue weighted by Crippen LogP contribution is -2.35. The van der Waals surface area contributed by atoms with Crippen molar-refractivity contribution in [3.63, 3.8) is 0 Å². The molecule has 0 aromatic rings. The molecule has 0 bridgehead atoms. The fourth-order valence-corrected chi connectivity index (χ4v) is 2.88. The van der Waals surface area contributed by atoms with Crippen LogP contribution in [0.4, 0.5) is 0 Å². The molecule has 0 saturated carbocycles. The number of aliphatic hydroxyl groups excluding tert-OH is 2. The third-order valence-electron chi connectivity index (χ3n) is 1.90. The molecule has 0 aliphatic rings. The van der Waals surface area contributed by atoms with Gasteiger partial charge in [0.25, 0.3) is 0 Å². The van der Waals surface area contributed by atoms with E-state index < -0.39 is 0 Å². The first-order chi connectivity index (χ1) is 6.24. The van der Waals surface area contributed by atoms with Crippen LogP contribution in [0, 0.1) is 5.41 Å². The van der Waals surface area contributed by atoms with Gasteiger partial charge in [-0.2, -0.15) is 23.5 Å². The molecule has 0 aromatic carbocycles. The molecule has 0 aliphatic carbocycles. The van der Waals surface area contributed by atoms with E-state index in [9.17, 15) is 10.2 Å². The smallest absolute Gasteiger partial charge is 0.0525 e. The Morgan fingerprint density at radius 2 is 1.31 bits per heavy atom. The molecule has 0 spiro atoms. The van der Waals surface area contributed by atoms with E-state index in [0.29, 0.717) is 0 Å². The number of hydrogen-bond acceptors (Lipinski definition) is 4. The van der Waals surface area contributed by atoms with E-state index in [0.717, 1.165) is 23.0 Å². The highest BCUT2D eigenvalue weighted by Crippen LogP contribution is 2.26. The topological polar surface area (TPSA) is 40.5 Å². The molecular formula is C9H20O2S2. The fourth-order valence-electron chi connectivity index (χ4n) is 0.911. The molecule has 80 valence electrons. The van der Waals surface area contributed by atoms with Crippen molar-refractivity contribution in [1.82, 2.24) is 0 Å². The molecule has 0 unspecified atom stereocenters. The van der Waals surface area contributed by atoms with Gasteiger partial charge in [0.2, 0.25) is 0 Å².